The number of allylic oxidation sites excluding steroid dienone is 2. The van der Waals surface area contributed by atoms with Crippen molar-refractivity contribution in [2.75, 3.05) is 12.5 Å². The van der Waals surface area contributed by atoms with E-state index in [1.807, 2.05) is 6.08 Å². The number of hydrogen-bond donors (Lipinski definition) is 2. The SMILES string of the molecule is CN1C(=O)C2CC=C3C(CC4C(=O)N(Nc5ccc(F)cc5)C(=O)C4(c4ccc(Cl)cc4)C3c3ccc(CO)o3)C2C1=O. The summed E-state index contributed by atoms with van der Waals surface area (Å²) in [6.45, 7) is -0.375. The molecule has 220 valence electrons. The highest BCUT2D eigenvalue weighted by atomic mass is 35.5. The van der Waals surface area contributed by atoms with Crippen molar-refractivity contribution in [2.45, 2.75) is 30.8 Å². The van der Waals surface area contributed by atoms with E-state index in [4.69, 9.17) is 16.0 Å². The third-order valence-corrected chi connectivity index (χ3v) is 9.85. The maximum Gasteiger partial charge on any atom is 0.260 e. The van der Waals surface area contributed by atoms with Gasteiger partial charge in [0.1, 0.15) is 29.4 Å². The molecule has 43 heavy (non-hydrogen) atoms. The van der Waals surface area contributed by atoms with E-state index < -0.39 is 52.6 Å². The van der Waals surface area contributed by atoms with Crippen LogP contribution in [0.15, 0.2) is 76.7 Å². The summed E-state index contributed by atoms with van der Waals surface area (Å²) in [7, 11) is 1.47. The number of likely N-dealkylation sites (tertiary alicyclic amines) is 1. The van der Waals surface area contributed by atoms with Gasteiger partial charge >= 0.3 is 0 Å². The maximum atomic E-state index is 14.8. The summed E-state index contributed by atoms with van der Waals surface area (Å²) in [6.07, 6.45) is 2.36. The van der Waals surface area contributed by atoms with Crippen LogP contribution >= 0.6 is 11.6 Å². The first-order valence-corrected chi connectivity index (χ1v) is 14.4. The normalized spacial score (nSPS) is 29.9. The van der Waals surface area contributed by atoms with Gasteiger partial charge in [-0.2, -0.15) is 5.01 Å². The molecule has 3 aromatic rings. The van der Waals surface area contributed by atoms with Gasteiger partial charge in [-0.3, -0.25) is 29.5 Å². The second-order valence-corrected chi connectivity index (χ2v) is 12.0. The Hall–Kier alpha value is -4.28. The number of amides is 4. The number of aliphatic hydroxyl groups is 1. The zero-order chi connectivity index (χ0) is 30.2. The summed E-state index contributed by atoms with van der Waals surface area (Å²) >= 11 is 6.26. The van der Waals surface area contributed by atoms with Gasteiger partial charge in [0.15, 0.2) is 0 Å². The molecule has 0 spiro atoms. The van der Waals surface area contributed by atoms with Gasteiger partial charge in [0.05, 0.1) is 29.4 Å². The van der Waals surface area contributed by atoms with Gasteiger partial charge in [-0.15, -0.1) is 0 Å². The molecule has 2 aliphatic carbocycles. The number of carbonyl (C=O) groups is 4. The van der Waals surface area contributed by atoms with Gasteiger partial charge in [0, 0.05) is 12.1 Å². The number of imide groups is 2. The summed E-state index contributed by atoms with van der Waals surface area (Å²) in [4.78, 5) is 56.8. The maximum absolute atomic E-state index is 14.8. The minimum absolute atomic E-state index is 0.138. The molecule has 6 unspecified atom stereocenters. The van der Waals surface area contributed by atoms with Gasteiger partial charge in [0.2, 0.25) is 11.8 Å². The predicted octanol–water partition coefficient (Wildman–Crippen LogP) is 4.18. The Morgan fingerprint density at radius 1 is 0.977 bits per heavy atom. The van der Waals surface area contributed by atoms with E-state index in [2.05, 4.69) is 5.43 Å². The number of nitrogens with one attached hydrogen (secondary N) is 1. The minimum Gasteiger partial charge on any atom is -0.463 e. The molecule has 2 aliphatic heterocycles. The number of nitrogens with zero attached hydrogens (tertiary/aromatic N) is 2. The number of furan rings is 1. The fourth-order valence-corrected chi connectivity index (χ4v) is 7.88. The van der Waals surface area contributed by atoms with Gasteiger partial charge in [0.25, 0.3) is 11.8 Å². The number of anilines is 1. The highest BCUT2D eigenvalue weighted by Crippen LogP contribution is 2.64. The zero-order valence-corrected chi connectivity index (χ0v) is 23.8. The summed E-state index contributed by atoms with van der Waals surface area (Å²) in [6, 6.07) is 15.3. The summed E-state index contributed by atoms with van der Waals surface area (Å²) < 4.78 is 19.8. The zero-order valence-electron chi connectivity index (χ0n) is 23.0. The Balaban J connectivity index is 1.46. The molecule has 7 rings (SSSR count). The molecule has 2 saturated heterocycles. The Labute approximate surface area is 250 Å². The van der Waals surface area contributed by atoms with E-state index in [0.717, 1.165) is 15.5 Å². The standard InChI is InChI=1S/C32H27ClFN3O6/c1-36-28(39)22-12-11-21-23(26(22)30(36)41)14-24-29(40)37(35-19-8-6-18(34)7-9-19)31(42)32(24,16-2-4-17(33)5-3-16)27(21)25-13-10-20(15-38)43-25/h2-11,13,22-24,26-27,35,38H,12,14-15H2,1H3. The van der Waals surface area contributed by atoms with Crippen molar-refractivity contribution in [2.24, 2.45) is 23.7 Å². The topological polar surface area (TPSA) is 120 Å². The van der Waals surface area contributed by atoms with Crippen molar-refractivity contribution < 1.29 is 33.1 Å². The van der Waals surface area contributed by atoms with Crippen molar-refractivity contribution in [3.05, 3.63) is 100 Å². The molecule has 11 heteroatoms. The van der Waals surface area contributed by atoms with Crippen LogP contribution in [0.5, 0.6) is 0 Å². The molecule has 6 atom stereocenters. The van der Waals surface area contributed by atoms with Crippen LogP contribution < -0.4 is 5.43 Å². The van der Waals surface area contributed by atoms with Crippen molar-refractivity contribution in [1.29, 1.82) is 0 Å². The average Bonchev–Trinajstić information content (AvgIpc) is 3.64. The van der Waals surface area contributed by atoms with E-state index in [-0.39, 0.29) is 30.6 Å². The van der Waals surface area contributed by atoms with Crippen LogP contribution in [0.25, 0.3) is 0 Å². The van der Waals surface area contributed by atoms with E-state index >= 15 is 0 Å². The first-order chi connectivity index (χ1) is 20.7. The number of carbonyl (C=O) groups excluding carboxylic acids is 4. The average molecular weight is 604 g/mol. The van der Waals surface area contributed by atoms with Crippen LogP contribution in [0.3, 0.4) is 0 Å². The van der Waals surface area contributed by atoms with Crippen molar-refractivity contribution in [1.82, 2.24) is 9.91 Å². The molecule has 4 amide bonds. The molecule has 9 nitrogen and oxygen atoms in total. The minimum atomic E-state index is -1.52. The molecule has 1 saturated carbocycles. The van der Waals surface area contributed by atoms with Crippen LogP contribution in [0, 0.1) is 29.5 Å². The largest absolute Gasteiger partial charge is 0.463 e. The Morgan fingerprint density at radius 3 is 2.37 bits per heavy atom. The lowest BCUT2D eigenvalue weighted by atomic mass is 9.50. The van der Waals surface area contributed by atoms with Crippen molar-refractivity contribution >= 4 is 40.9 Å². The predicted molar refractivity (Wildman–Crippen MR) is 151 cm³/mol. The molecule has 3 heterocycles. The lowest BCUT2D eigenvalue weighted by Gasteiger charge is -2.49. The number of fused-ring (bicyclic) bond motifs is 4. The second kappa shape index (κ2) is 9.89. The number of hydrogen-bond acceptors (Lipinski definition) is 7. The van der Waals surface area contributed by atoms with Gasteiger partial charge < -0.3 is 9.52 Å². The monoisotopic (exact) mass is 603 g/mol. The molecule has 4 aliphatic rings. The quantitative estimate of drug-likeness (QED) is 0.332. The summed E-state index contributed by atoms with van der Waals surface area (Å²) in [5.74, 6) is -5.03. The summed E-state index contributed by atoms with van der Waals surface area (Å²) in [5.41, 5.74) is 2.98. The van der Waals surface area contributed by atoms with Crippen molar-refractivity contribution in [3.8, 4) is 0 Å². The number of aliphatic hydroxyl groups excluding tert-OH is 1. The third kappa shape index (κ3) is 3.86. The molecular weight excluding hydrogens is 577 g/mol. The Bertz CT molecular complexity index is 1700. The first-order valence-electron chi connectivity index (χ1n) is 14.0. The molecule has 2 aromatic carbocycles. The van der Waals surface area contributed by atoms with Crippen molar-refractivity contribution in [3.63, 3.8) is 0 Å². The van der Waals surface area contributed by atoms with Crippen LogP contribution in [-0.4, -0.2) is 45.7 Å². The fourth-order valence-electron chi connectivity index (χ4n) is 7.76. The van der Waals surface area contributed by atoms with E-state index in [1.54, 1.807) is 36.4 Å². The smallest absolute Gasteiger partial charge is 0.260 e. The van der Waals surface area contributed by atoms with E-state index in [9.17, 15) is 28.7 Å². The molecule has 0 bridgehead atoms. The molecular formula is C32H27ClFN3O6. The van der Waals surface area contributed by atoms with Gasteiger partial charge in [-0.05, 0) is 72.9 Å². The number of halogens is 2. The second-order valence-electron chi connectivity index (χ2n) is 11.6. The van der Waals surface area contributed by atoms with Gasteiger partial charge in [-0.25, -0.2) is 4.39 Å². The van der Waals surface area contributed by atoms with Crippen LogP contribution in [-0.2, 0) is 31.2 Å². The first kappa shape index (κ1) is 27.5. The van der Waals surface area contributed by atoms with E-state index in [1.165, 1.54) is 31.3 Å². The molecule has 2 N–H and O–H groups in total. The number of benzene rings is 2. The molecule has 0 radical (unpaired) electrons. The molecule has 1 aromatic heterocycles. The highest BCUT2D eigenvalue weighted by molar-refractivity contribution is 6.30. The van der Waals surface area contributed by atoms with Gasteiger partial charge in [-0.1, -0.05) is 35.4 Å². The number of rotatable bonds is 5. The van der Waals surface area contributed by atoms with E-state index in [0.29, 0.717) is 28.5 Å². The molecule has 3 fully saturated rings. The summed E-state index contributed by atoms with van der Waals surface area (Å²) in [5, 5.41) is 11.3. The van der Waals surface area contributed by atoms with Crippen LogP contribution in [0.2, 0.25) is 5.02 Å². The van der Waals surface area contributed by atoms with Crippen LogP contribution in [0.1, 0.15) is 35.8 Å². The third-order valence-electron chi connectivity index (χ3n) is 9.60. The lowest BCUT2D eigenvalue weighted by molar-refractivity contribution is -0.140. The fraction of sp³-hybridized carbons (Fsp3) is 0.312. The highest BCUT2D eigenvalue weighted by Gasteiger charge is 2.71. The lowest BCUT2D eigenvalue weighted by Crippen LogP contribution is -2.53. The number of hydrazine groups is 1. The van der Waals surface area contributed by atoms with Crippen LogP contribution in [0.4, 0.5) is 10.1 Å². The Kier molecular flexibility index (Phi) is 6.33. The Morgan fingerprint density at radius 2 is 1.70 bits per heavy atom.